The van der Waals surface area contributed by atoms with E-state index in [9.17, 15) is 13.2 Å². The Hall–Kier alpha value is -2.62. The van der Waals surface area contributed by atoms with Gasteiger partial charge in [0.2, 0.25) is 5.95 Å². The Morgan fingerprint density at radius 3 is 2.58 bits per heavy atom. The Kier molecular flexibility index (Phi) is 3.33. The van der Waals surface area contributed by atoms with Crippen molar-refractivity contribution in [1.29, 1.82) is 5.26 Å². The van der Waals surface area contributed by atoms with E-state index < -0.39 is 23.1 Å². The smallest absolute Gasteiger partial charge is 0.228 e. The van der Waals surface area contributed by atoms with Crippen LogP contribution in [-0.2, 0) is 0 Å². The van der Waals surface area contributed by atoms with Gasteiger partial charge < -0.3 is 5.32 Å². The van der Waals surface area contributed by atoms with Gasteiger partial charge in [0.25, 0.3) is 0 Å². The second-order valence-electron chi connectivity index (χ2n) is 3.70. The zero-order chi connectivity index (χ0) is 14.0. The van der Waals surface area contributed by atoms with Crippen LogP contribution in [0.15, 0.2) is 18.2 Å². The molecular formula is C12H7F3N4. The minimum absolute atomic E-state index is 0.0623. The number of rotatable bonds is 2. The Morgan fingerprint density at radius 1 is 1.16 bits per heavy atom. The van der Waals surface area contributed by atoms with Crippen molar-refractivity contribution in [3.8, 4) is 6.07 Å². The van der Waals surface area contributed by atoms with Crippen LogP contribution in [0.4, 0.5) is 24.8 Å². The molecule has 1 aromatic heterocycles. The predicted octanol–water partition coefficient (Wildman–Crippen LogP) is 2.82. The van der Waals surface area contributed by atoms with Crippen LogP contribution in [0.25, 0.3) is 0 Å². The Labute approximate surface area is 106 Å². The molecule has 0 aliphatic rings. The van der Waals surface area contributed by atoms with Crippen LogP contribution in [0.3, 0.4) is 0 Å². The van der Waals surface area contributed by atoms with E-state index in [1.54, 1.807) is 13.0 Å². The second kappa shape index (κ2) is 4.94. The van der Waals surface area contributed by atoms with Crippen molar-refractivity contribution < 1.29 is 13.2 Å². The number of nitrogens with zero attached hydrogens (tertiary/aromatic N) is 3. The van der Waals surface area contributed by atoms with Gasteiger partial charge in [0.15, 0.2) is 11.6 Å². The maximum atomic E-state index is 13.4. The zero-order valence-corrected chi connectivity index (χ0v) is 9.71. The normalized spacial score (nSPS) is 10.1. The molecule has 4 nitrogen and oxygen atoms in total. The molecule has 2 rings (SSSR count). The highest BCUT2D eigenvalue weighted by atomic mass is 19.2. The van der Waals surface area contributed by atoms with Gasteiger partial charge in [0, 0.05) is 17.8 Å². The molecule has 2 aromatic rings. The summed E-state index contributed by atoms with van der Waals surface area (Å²) in [5.74, 6) is -3.62. The molecule has 7 heteroatoms. The van der Waals surface area contributed by atoms with Crippen LogP contribution in [0.1, 0.15) is 11.4 Å². The van der Waals surface area contributed by atoms with Gasteiger partial charge in [-0.15, -0.1) is 0 Å². The van der Waals surface area contributed by atoms with Gasteiger partial charge in [-0.3, -0.25) is 0 Å². The van der Waals surface area contributed by atoms with Gasteiger partial charge in [-0.25, -0.2) is 23.1 Å². The molecule has 0 saturated heterocycles. The molecule has 1 N–H and O–H groups in total. The number of hydrogen-bond acceptors (Lipinski definition) is 4. The van der Waals surface area contributed by atoms with Gasteiger partial charge in [-0.2, -0.15) is 5.26 Å². The van der Waals surface area contributed by atoms with E-state index in [0.29, 0.717) is 11.8 Å². The van der Waals surface area contributed by atoms with Crippen molar-refractivity contribution in [2.24, 2.45) is 0 Å². The number of aromatic nitrogens is 2. The summed E-state index contributed by atoms with van der Waals surface area (Å²) < 4.78 is 39.4. The maximum Gasteiger partial charge on any atom is 0.228 e. The lowest BCUT2D eigenvalue weighted by Crippen LogP contribution is -2.03. The van der Waals surface area contributed by atoms with Crippen molar-refractivity contribution in [3.05, 3.63) is 47.0 Å². The summed E-state index contributed by atoms with van der Waals surface area (Å²) in [5, 5.41) is 11.1. The third-order valence-electron chi connectivity index (χ3n) is 2.21. The van der Waals surface area contributed by atoms with Gasteiger partial charge in [0.1, 0.15) is 17.6 Å². The number of aryl methyl sites for hydroxylation is 1. The lowest BCUT2D eigenvalue weighted by atomic mass is 10.3. The van der Waals surface area contributed by atoms with Crippen LogP contribution in [0, 0.1) is 35.7 Å². The molecule has 19 heavy (non-hydrogen) atoms. The number of anilines is 2. The molecule has 0 amide bonds. The lowest BCUT2D eigenvalue weighted by molar-refractivity contribution is 0.498. The quantitative estimate of drug-likeness (QED) is 0.847. The van der Waals surface area contributed by atoms with Crippen molar-refractivity contribution in [1.82, 2.24) is 9.97 Å². The second-order valence-corrected chi connectivity index (χ2v) is 3.70. The van der Waals surface area contributed by atoms with Crippen LogP contribution < -0.4 is 5.32 Å². The van der Waals surface area contributed by atoms with Gasteiger partial charge in [-0.05, 0) is 13.0 Å². The predicted molar refractivity (Wildman–Crippen MR) is 61.1 cm³/mol. The Balaban J connectivity index is 2.42. The third kappa shape index (κ3) is 2.80. The SMILES string of the molecule is Cc1cc(C#N)nc(Nc2cc(F)cc(F)c2F)n1. The first-order valence-electron chi connectivity index (χ1n) is 5.17. The molecule has 0 spiro atoms. The minimum atomic E-state index is -1.32. The summed E-state index contributed by atoms with van der Waals surface area (Å²) in [6.07, 6.45) is 0. The number of halogens is 3. The topological polar surface area (TPSA) is 61.6 Å². The number of benzene rings is 1. The average molecular weight is 264 g/mol. The molecule has 0 aliphatic heterocycles. The van der Waals surface area contributed by atoms with Crippen LogP contribution in [-0.4, -0.2) is 9.97 Å². The van der Waals surface area contributed by atoms with Crippen molar-refractivity contribution >= 4 is 11.6 Å². The molecule has 0 bridgehead atoms. The molecule has 1 heterocycles. The van der Waals surface area contributed by atoms with Gasteiger partial charge in [0.05, 0.1) is 5.69 Å². The fraction of sp³-hybridized carbons (Fsp3) is 0.0833. The van der Waals surface area contributed by atoms with E-state index in [1.165, 1.54) is 6.07 Å². The van der Waals surface area contributed by atoms with E-state index in [0.717, 1.165) is 6.07 Å². The van der Waals surface area contributed by atoms with Crippen LogP contribution >= 0.6 is 0 Å². The summed E-state index contributed by atoms with van der Waals surface area (Å²) in [6.45, 7) is 1.61. The Bertz CT molecular complexity index is 679. The minimum Gasteiger partial charge on any atom is -0.321 e. The first-order valence-corrected chi connectivity index (χ1v) is 5.17. The first kappa shape index (κ1) is 12.8. The fourth-order valence-corrected chi connectivity index (χ4v) is 1.45. The van der Waals surface area contributed by atoms with Crippen molar-refractivity contribution in [2.45, 2.75) is 6.92 Å². The van der Waals surface area contributed by atoms with E-state index in [2.05, 4.69) is 15.3 Å². The van der Waals surface area contributed by atoms with E-state index in [4.69, 9.17) is 5.26 Å². The molecule has 0 fully saturated rings. The molecule has 0 radical (unpaired) electrons. The van der Waals surface area contributed by atoms with Crippen LogP contribution in [0.5, 0.6) is 0 Å². The molecule has 0 saturated carbocycles. The molecule has 0 atom stereocenters. The molecular weight excluding hydrogens is 257 g/mol. The highest BCUT2D eigenvalue weighted by molar-refractivity contribution is 5.55. The summed E-state index contributed by atoms with van der Waals surface area (Å²) >= 11 is 0. The van der Waals surface area contributed by atoms with Gasteiger partial charge in [-0.1, -0.05) is 0 Å². The highest BCUT2D eigenvalue weighted by Crippen LogP contribution is 2.21. The Morgan fingerprint density at radius 2 is 1.89 bits per heavy atom. The molecule has 0 aliphatic carbocycles. The maximum absolute atomic E-state index is 13.4. The summed E-state index contributed by atoms with van der Waals surface area (Å²) in [5.41, 5.74) is 0.0885. The van der Waals surface area contributed by atoms with Crippen molar-refractivity contribution in [2.75, 3.05) is 5.32 Å². The van der Waals surface area contributed by atoms with Gasteiger partial charge >= 0.3 is 0 Å². The van der Waals surface area contributed by atoms with E-state index >= 15 is 0 Å². The van der Waals surface area contributed by atoms with Crippen LogP contribution in [0.2, 0.25) is 0 Å². The molecule has 96 valence electrons. The fourth-order valence-electron chi connectivity index (χ4n) is 1.45. The van der Waals surface area contributed by atoms with E-state index in [-0.39, 0.29) is 11.6 Å². The van der Waals surface area contributed by atoms with Crippen molar-refractivity contribution in [3.63, 3.8) is 0 Å². The lowest BCUT2D eigenvalue weighted by Gasteiger charge is -2.07. The molecule has 1 aromatic carbocycles. The average Bonchev–Trinajstić information content (AvgIpc) is 2.34. The third-order valence-corrected chi connectivity index (χ3v) is 2.21. The number of nitriles is 1. The zero-order valence-electron chi connectivity index (χ0n) is 9.71. The van der Waals surface area contributed by atoms with E-state index in [1.807, 2.05) is 0 Å². The summed E-state index contributed by atoms with van der Waals surface area (Å²) in [4.78, 5) is 7.65. The molecule has 0 unspecified atom stereocenters. The number of nitrogens with one attached hydrogen (secondary N) is 1. The number of hydrogen-bond donors (Lipinski definition) is 1. The largest absolute Gasteiger partial charge is 0.321 e. The summed E-state index contributed by atoms with van der Waals surface area (Å²) in [7, 11) is 0. The first-order chi connectivity index (χ1) is 8.99. The monoisotopic (exact) mass is 264 g/mol. The summed E-state index contributed by atoms with van der Waals surface area (Å²) in [6, 6.07) is 4.43. The standard InChI is InChI=1S/C12H7F3N4/c1-6-2-8(5-16)18-12(17-6)19-10-4-7(13)3-9(14)11(10)15/h2-4H,1H3,(H,17,18,19). The highest BCUT2D eigenvalue weighted by Gasteiger charge is 2.12.